The van der Waals surface area contributed by atoms with Crippen LogP contribution >= 0.6 is 7.29 Å². The van der Waals surface area contributed by atoms with E-state index in [-0.39, 0.29) is 18.4 Å². The van der Waals surface area contributed by atoms with Crippen LogP contribution in [0.5, 0.6) is 0 Å². The van der Waals surface area contributed by atoms with Gasteiger partial charge in [0.1, 0.15) is 0 Å². The first-order chi connectivity index (χ1) is 15.9. The van der Waals surface area contributed by atoms with Crippen LogP contribution in [0.4, 0.5) is 0 Å². The predicted octanol–water partition coefficient (Wildman–Crippen LogP) is 5.38. The van der Waals surface area contributed by atoms with Crippen molar-refractivity contribution in [2.75, 3.05) is 6.66 Å². The molecule has 3 aromatic carbocycles. The van der Waals surface area contributed by atoms with E-state index in [0.717, 1.165) is 16.4 Å². The maximum absolute atomic E-state index is 14.2. The number of hydroxylamine groups is 1. The zero-order chi connectivity index (χ0) is 23.7. The minimum Gasteiger partial charge on any atom is -0.302 e. The van der Waals surface area contributed by atoms with E-state index in [1.54, 1.807) is 6.66 Å². The highest BCUT2D eigenvalue weighted by molar-refractivity contribution is 7.68. The molecule has 0 spiro atoms. The maximum Gasteiger partial charge on any atom is 0.261 e. The second-order valence-electron chi connectivity index (χ2n) is 8.68. The SMILES string of the molecule is CC(C)CC(C(=O)NOCc1ccccc1)N(Cc1ccccc1)P(C)(=O)c1ccccc1. The lowest BCUT2D eigenvalue weighted by molar-refractivity contribution is -0.139. The number of hydrogen-bond donors (Lipinski definition) is 1. The molecule has 1 N–H and O–H groups in total. The minimum atomic E-state index is -3.06. The smallest absolute Gasteiger partial charge is 0.261 e. The molecule has 0 fully saturated rings. The van der Waals surface area contributed by atoms with E-state index in [1.165, 1.54) is 0 Å². The van der Waals surface area contributed by atoms with Crippen molar-refractivity contribution < 1.29 is 14.2 Å². The molecule has 0 aliphatic rings. The molecular weight excluding hydrogens is 431 g/mol. The van der Waals surface area contributed by atoms with E-state index in [9.17, 15) is 9.36 Å². The lowest BCUT2D eigenvalue weighted by atomic mass is 10.0. The van der Waals surface area contributed by atoms with Crippen LogP contribution in [-0.2, 0) is 27.3 Å². The number of nitrogens with one attached hydrogen (secondary N) is 1. The molecule has 0 aromatic heterocycles. The van der Waals surface area contributed by atoms with Gasteiger partial charge in [0.25, 0.3) is 5.91 Å². The summed E-state index contributed by atoms with van der Waals surface area (Å²) in [6.07, 6.45) is 0.554. The van der Waals surface area contributed by atoms with Crippen LogP contribution in [0.25, 0.3) is 0 Å². The first kappa shape index (κ1) is 24.9. The van der Waals surface area contributed by atoms with E-state index >= 15 is 0 Å². The van der Waals surface area contributed by atoms with Gasteiger partial charge < -0.3 is 4.57 Å². The molecule has 174 valence electrons. The lowest BCUT2D eigenvalue weighted by Crippen LogP contribution is -2.47. The fourth-order valence-corrected chi connectivity index (χ4v) is 5.96. The van der Waals surface area contributed by atoms with Crippen molar-refractivity contribution in [2.24, 2.45) is 5.92 Å². The molecule has 2 unspecified atom stereocenters. The molecule has 0 aliphatic heterocycles. The highest BCUT2D eigenvalue weighted by atomic mass is 31.2. The van der Waals surface area contributed by atoms with E-state index in [0.29, 0.717) is 13.0 Å². The molecular formula is C27H33N2O3P. The Balaban J connectivity index is 1.88. The van der Waals surface area contributed by atoms with Crippen LogP contribution < -0.4 is 10.8 Å². The number of amides is 1. The summed E-state index contributed by atoms with van der Waals surface area (Å²) >= 11 is 0. The number of hydrogen-bond acceptors (Lipinski definition) is 3. The van der Waals surface area contributed by atoms with Gasteiger partial charge in [0.05, 0.1) is 12.6 Å². The zero-order valence-corrected chi connectivity index (χ0v) is 20.4. The van der Waals surface area contributed by atoms with Crippen molar-refractivity contribution in [1.82, 2.24) is 10.2 Å². The minimum absolute atomic E-state index is 0.226. The normalized spacial score (nSPS) is 14.1. The summed E-state index contributed by atoms with van der Waals surface area (Å²) in [5.41, 5.74) is 4.59. The molecule has 33 heavy (non-hydrogen) atoms. The van der Waals surface area contributed by atoms with Gasteiger partial charge in [0.2, 0.25) is 0 Å². The molecule has 0 aliphatic carbocycles. The fourth-order valence-electron chi connectivity index (χ4n) is 3.78. The number of nitrogens with zero attached hydrogens (tertiary/aromatic N) is 1. The Labute approximate surface area is 197 Å². The van der Waals surface area contributed by atoms with Crippen LogP contribution in [0.2, 0.25) is 0 Å². The first-order valence-electron chi connectivity index (χ1n) is 11.3. The second kappa shape index (κ2) is 11.9. The van der Waals surface area contributed by atoms with Crippen LogP contribution in [-0.4, -0.2) is 23.3 Å². The third kappa shape index (κ3) is 7.13. The van der Waals surface area contributed by atoms with Gasteiger partial charge in [-0.1, -0.05) is 105 Å². The number of benzene rings is 3. The number of carbonyl (C=O) groups is 1. The topological polar surface area (TPSA) is 58.6 Å². The molecule has 0 heterocycles. The number of carbonyl (C=O) groups excluding carboxylic acids is 1. The highest BCUT2D eigenvalue weighted by Crippen LogP contribution is 2.48. The molecule has 6 heteroatoms. The molecule has 3 aromatic rings. The predicted molar refractivity (Wildman–Crippen MR) is 134 cm³/mol. The Hall–Kier alpha value is -2.72. The van der Waals surface area contributed by atoms with Crippen molar-refractivity contribution >= 4 is 18.5 Å². The third-order valence-electron chi connectivity index (χ3n) is 5.52. The highest BCUT2D eigenvalue weighted by Gasteiger charge is 2.37. The standard InChI is InChI=1S/C27H33N2O3P/c1-22(2)19-26(27(30)28-32-21-24-15-9-5-10-16-24)29(20-23-13-7-4-8-14-23)33(3,31)25-17-11-6-12-18-25/h4-18,22,26H,19-21H2,1-3H3,(H,28,30). The summed E-state index contributed by atoms with van der Waals surface area (Å²) in [6, 6.07) is 28.3. The fraction of sp³-hybridized carbons (Fsp3) is 0.296. The Kier molecular flexibility index (Phi) is 9.02. The zero-order valence-electron chi connectivity index (χ0n) is 19.6. The molecule has 0 radical (unpaired) electrons. The monoisotopic (exact) mass is 464 g/mol. The average molecular weight is 465 g/mol. The van der Waals surface area contributed by atoms with Crippen molar-refractivity contribution in [3.63, 3.8) is 0 Å². The molecule has 0 saturated heterocycles. The van der Waals surface area contributed by atoms with E-state index in [4.69, 9.17) is 4.84 Å². The van der Waals surface area contributed by atoms with Gasteiger partial charge in [0, 0.05) is 18.5 Å². The Bertz CT molecular complexity index is 1040. The summed E-state index contributed by atoms with van der Waals surface area (Å²) in [5, 5.41) is 0.729. The summed E-state index contributed by atoms with van der Waals surface area (Å²) in [6.45, 7) is 6.54. The quantitative estimate of drug-likeness (QED) is 0.306. The Morgan fingerprint density at radius 1 is 0.879 bits per heavy atom. The van der Waals surface area contributed by atoms with Crippen LogP contribution in [0.3, 0.4) is 0 Å². The van der Waals surface area contributed by atoms with Crippen LogP contribution in [0.15, 0.2) is 91.0 Å². The molecule has 2 atom stereocenters. The van der Waals surface area contributed by atoms with Crippen molar-refractivity contribution in [3.8, 4) is 0 Å². The number of rotatable bonds is 11. The second-order valence-corrected chi connectivity index (χ2v) is 11.5. The Morgan fingerprint density at radius 2 is 1.39 bits per heavy atom. The maximum atomic E-state index is 14.2. The van der Waals surface area contributed by atoms with Gasteiger partial charge in [-0.15, -0.1) is 0 Å². The van der Waals surface area contributed by atoms with Crippen LogP contribution in [0, 0.1) is 5.92 Å². The first-order valence-corrected chi connectivity index (χ1v) is 13.4. The Morgan fingerprint density at radius 3 is 1.94 bits per heavy atom. The van der Waals surface area contributed by atoms with Gasteiger partial charge in [-0.3, -0.25) is 9.63 Å². The summed E-state index contributed by atoms with van der Waals surface area (Å²) < 4.78 is 16.1. The largest absolute Gasteiger partial charge is 0.302 e. The molecule has 5 nitrogen and oxygen atoms in total. The van der Waals surface area contributed by atoms with Crippen molar-refractivity contribution in [2.45, 2.75) is 39.5 Å². The molecule has 0 saturated carbocycles. The molecule has 3 rings (SSSR count). The van der Waals surface area contributed by atoms with Crippen LogP contribution in [0.1, 0.15) is 31.4 Å². The third-order valence-corrected chi connectivity index (χ3v) is 8.18. The average Bonchev–Trinajstić information content (AvgIpc) is 2.83. The molecule has 1 amide bonds. The molecule has 0 bridgehead atoms. The lowest BCUT2D eigenvalue weighted by Gasteiger charge is -2.36. The van der Waals surface area contributed by atoms with Crippen molar-refractivity contribution in [1.29, 1.82) is 0 Å². The van der Waals surface area contributed by atoms with Gasteiger partial charge in [-0.05, 0) is 23.5 Å². The van der Waals surface area contributed by atoms with E-state index in [2.05, 4.69) is 19.3 Å². The van der Waals surface area contributed by atoms with Gasteiger partial charge in [0.15, 0.2) is 7.29 Å². The van der Waals surface area contributed by atoms with E-state index < -0.39 is 13.3 Å². The summed E-state index contributed by atoms with van der Waals surface area (Å²) in [4.78, 5) is 18.9. The van der Waals surface area contributed by atoms with Gasteiger partial charge in [-0.2, -0.15) is 0 Å². The summed E-state index contributed by atoms with van der Waals surface area (Å²) in [7, 11) is -3.06. The van der Waals surface area contributed by atoms with E-state index in [1.807, 2.05) is 95.7 Å². The van der Waals surface area contributed by atoms with Gasteiger partial charge in [-0.25, -0.2) is 10.2 Å². The summed E-state index contributed by atoms with van der Waals surface area (Å²) in [5.74, 6) is -0.0579. The van der Waals surface area contributed by atoms with Crippen molar-refractivity contribution in [3.05, 3.63) is 102 Å². The van der Waals surface area contributed by atoms with Gasteiger partial charge >= 0.3 is 0 Å².